The van der Waals surface area contributed by atoms with Crippen LogP contribution in [0.2, 0.25) is 0 Å². The number of amides is 1. The normalized spacial score (nSPS) is 11.7. The number of benzene rings is 1. The van der Waals surface area contributed by atoms with Crippen LogP contribution in [-0.2, 0) is 4.79 Å². The molecule has 88 valence electrons. The highest BCUT2D eigenvalue weighted by molar-refractivity contribution is 5.80. The Labute approximate surface area is 95.6 Å². The van der Waals surface area contributed by atoms with Crippen LogP contribution in [-0.4, -0.2) is 25.7 Å². The van der Waals surface area contributed by atoms with Gasteiger partial charge in [-0.25, -0.2) is 0 Å². The number of rotatable bonds is 5. The van der Waals surface area contributed by atoms with E-state index >= 15 is 0 Å². The van der Waals surface area contributed by atoms with Crippen molar-refractivity contribution in [2.45, 2.75) is 20.0 Å². The molecule has 0 spiro atoms. The van der Waals surface area contributed by atoms with Crippen molar-refractivity contribution in [2.75, 3.05) is 13.7 Å². The van der Waals surface area contributed by atoms with Gasteiger partial charge in [0.05, 0.1) is 7.11 Å². The van der Waals surface area contributed by atoms with E-state index in [1.807, 2.05) is 19.1 Å². The lowest BCUT2D eigenvalue weighted by atomic mass is 10.3. The first-order chi connectivity index (χ1) is 7.67. The molecule has 1 N–H and O–H groups in total. The van der Waals surface area contributed by atoms with Gasteiger partial charge in [0.1, 0.15) is 11.5 Å². The summed E-state index contributed by atoms with van der Waals surface area (Å²) in [6, 6.07) is 7.18. The molecular formula is C12H17NO3. The Morgan fingerprint density at radius 2 is 2.12 bits per heavy atom. The van der Waals surface area contributed by atoms with E-state index in [0.29, 0.717) is 18.0 Å². The van der Waals surface area contributed by atoms with E-state index in [2.05, 4.69) is 5.32 Å². The Morgan fingerprint density at radius 1 is 1.44 bits per heavy atom. The largest absolute Gasteiger partial charge is 0.497 e. The van der Waals surface area contributed by atoms with Crippen molar-refractivity contribution in [1.29, 1.82) is 0 Å². The van der Waals surface area contributed by atoms with Gasteiger partial charge in [0.2, 0.25) is 0 Å². The summed E-state index contributed by atoms with van der Waals surface area (Å²) < 4.78 is 10.5. The topological polar surface area (TPSA) is 47.6 Å². The molecule has 0 saturated heterocycles. The molecule has 4 heteroatoms. The SMILES string of the molecule is CCNC(=O)C(C)Oc1cccc(OC)c1. The van der Waals surface area contributed by atoms with Crippen molar-refractivity contribution in [3.8, 4) is 11.5 Å². The van der Waals surface area contributed by atoms with E-state index in [1.54, 1.807) is 26.2 Å². The van der Waals surface area contributed by atoms with Crippen molar-refractivity contribution >= 4 is 5.91 Å². The monoisotopic (exact) mass is 223 g/mol. The average molecular weight is 223 g/mol. The third kappa shape index (κ3) is 3.46. The highest BCUT2D eigenvalue weighted by atomic mass is 16.5. The lowest BCUT2D eigenvalue weighted by Gasteiger charge is -2.14. The number of hydrogen-bond acceptors (Lipinski definition) is 3. The standard InChI is InChI=1S/C12H17NO3/c1-4-13-12(14)9(2)16-11-7-5-6-10(8-11)15-3/h5-9H,4H2,1-3H3,(H,13,14). The van der Waals surface area contributed by atoms with Gasteiger partial charge in [-0.1, -0.05) is 6.07 Å². The van der Waals surface area contributed by atoms with Gasteiger partial charge < -0.3 is 14.8 Å². The van der Waals surface area contributed by atoms with Crippen LogP contribution in [0.25, 0.3) is 0 Å². The van der Waals surface area contributed by atoms with Crippen molar-refractivity contribution in [1.82, 2.24) is 5.32 Å². The summed E-state index contributed by atoms with van der Waals surface area (Å²) in [5.41, 5.74) is 0. The molecule has 0 aromatic heterocycles. The third-order valence-electron chi connectivity index (χ3n) is 2.07. The summed E-state index contributed by atoms with van der Waals surface area (Å²) in [6.07, 6.45) is -0.507. The third-order valence-corrected chi connectivity index (χ3v) is 2.07. The Balaban J connectivity index is 2.61. The van der Waals surface area contributed by atoms with Gasteiger partial charge in [0.15, 0.2) is 6.10 Å². The number of nitrogens with one attached hydrogen (secondary N) is 1. The zero-order chi connectivity index (χ0) is 12.0. The Bertz CT molecular complexity index is 352. The molecule has 4 nitrogen and oxygen atoms in total. The average Bonchev–Trinajstić information content (AvgIpc) is 2.29. The zero-order valence-electron chi connectivity index (χ0n) is 9.82. The van der Waals surface area contributed by atoms with Crippen molar-refractivity contribution in [2.24, 2.45) is 0 Å². The van der Waals surface area contributed by atoms with Gasteiger partial charge in [-0.15, -0.1) is 0 Å². The first-order valence-electron chi connectivity index (χ1n) is 5.25. The summed E-state index contributed by atoms with van der Waals surface area (Å²) in [6.45, 7) is 4.19. The quantitative estimate of drug-likeness (QED) is 0.824. The highest BCUT2D eigenvalue weighted by Gasteiger charge is 2.13. The van der Waals surface area contributed by atoms with Crippen LogP contribution >= 0.6 is 0 Å². The highest BCUT2D eigenvalue weighted by Crippen LogP contribution is 2.19. The van der Waals surface area contributed by atoms with Gasteiger partial charge >= 0.3 is 0 Å². The molecule has 1 amide bonds. The van der Waals surface area contributed by atoms with Gasteiger partial charge in [0.25, 0.3) is 5.91 Å². The summed E-state index contributed by atoms with van der Waals surface area (Å²) >= 11 is 0. The minimum atomic E-state index is -0.507. The molecule has 1 rings (SSSR count). The predicted octanol–water partition coefficient (Wildman–Crippen LogP) is 1.60. The van der Waals surface area contributed by atoms with Crippen LogP contribution in [0.15, 0.2) is 24.3 Å². The molecule has 0 fully saturated rings. The molecule has 1 unspecified atom stereocenters. The summed E-state index contributed by atoms with van der Waals surface area (Å²) in [5.74, 6) is 1.21. The van der Waals surface area contributed by atoms with Crippen molar-refractivity contribution in [3.63, 3.8) is 0 Å². The maximum absolute atomic E-state index is 11.4. The van der Waals surface area contributed by atoms with Gasteiger partial charge in [0, 0.05) is 12.6 Å². The second-order valence-electron chi connectivity index (χ2n) is 3.33. The molecule has 0 saturated carbocycles. The van der Waals surface area contributed by atoms with Gasteiger partial charge in [-0.3, -0.25) is 4.79 Å². The zero-order valence-corrected chi connectivity index (χ0v) is 9.82. The van der Waals surface area contributed by atoms with Crippen LogP contribution in [0.4, 0.5) is 0 Å². The van der Waals surface area contributed by atoms with E-state index < -0.39 is 6.10 Å². The molecule has 0 radical (unpaired) electrons. The van der Waals surface area contributed by atoms with Gasteiger partial charge in [-0.05, 0) is 26.0 Å². The second-order valence-corrected chi connectivity index (χ2v) is 3.33. The fourth-order valence-electron chi connectivity index (χ4n) is 1.25. The predicted molar refractivity (Wildman–Crippen MR) is 61.8 cm³/mol. The maximum Gasteiger partial charge on any atom is 0.260 e. The molecule has 0 heterocycles. The minimum Gasteiger partial charge on any atom is -0.497 e. The number of methoxy groups -OCH3 is 1. The maximum atomic E-state index is 11.4. The van der Waals surface area contributed by atoms with Crippen LogP contribution in [0, 0.1) is 0 Å². The molecule has 0 bridgehead atoms. The van der Waals surface area contributed by atoms with Crippen molar-refractivity contribution < 1.29 is 14.3 Å². The van der Waals surface area contributed by atoms with E-state index in [0.717, 1.165) is 0 Å². The molecule has 16 heavy (non-hydrogen) atoms. The first-order valence-corrected chi connectivity index (χ1v) is 5.25. The van der Waals surface area contributed by atoms with Gasteiger partial charge in [-0.2, -0.15) is 0 Å². The smallest absolute Gasteiger partial charge is 0.260 e. The lowest BCUT2D eigenvalue weighted by molar-refractivity contribution is -0.127. The second kappa shape index (κ2) is 6.00. The molecule has 0 aliphatic carbocycles. The molecule has 1 aromatic rings. The number of carbonyl (C=O) groups excluding carboxylic acids is 1. The molecule has 1 atom stereocenters. The molecule has 0 aliphatic heterocycles. The number of carbonyl (C=O) groups is 1. The minimum absolute atomic E-state index is 0.120. The fraction of sp³-hybridized carbons (Fsp3) is 0.417. The summed E-state index contributed by atoms with van der Waals surface area (Å²) in [5, 5.41) is 2.70. The van der Waals surface area contributed by atoms with Crippen LogP contribution in [0.3, 0.4) is 0 Å². The number of likely N-dealkylation sites (N-methyl/N-ethyl adjacent to an activating group) is 1. The summed E-state index contributed by atoms with van der Waals surface area (Å²) in [7, 11) is 1.59. The molecule has 1 aromatic carbocycles. The molecule has 0 aliphatic rings. The van der Waals surface area contributed by atoms with E-state index in [1.165, 1.54) is 0 Å². The van der Waals surface area contributed by atoms with Crippen LogP contribution < -0.4 is 14.8 Å². The lowest BCUT2D eigenvalue weighted by Crippen LogP contribution is -2.36. The first kappa shape index (κ1) is 12.4. The van der Waals surface area contributed by atoms with E-state index in [9.17, 15) is 4.79 Å². The molecular weight excluding hydrogens is 206 g/mol. The number of ether oxygens (including phenoxy) is 2. The number of hydrogen-bond donors (Lipinski definition) is 1. The van der Waals surface area contributed by atoms with E-state index in [-0.39, 0.29) is 5.91 Å². The Hall–Kier alpha value is -1.71. The Kier molecular flexibility index (Phi) is 4.64. The fourth-order valence-corrected chi connectivity index (χ4v) is 1.25. The van der Waals surface area contributed by atoms with Crippen molar-refractivity contribution in [3.05, 3.63) is 24.3 Å². The Morgan fingerprint density at radius 3 is 2.75 bits per heavy atom. The van der Waals surface area contributed by atoms with Crippen LogP contribution in [0.5, 0.6) is 11.5 Å². The van der Waals surface area contributed by atoms with E-state index in [4.69, 9.17) is 9.47 Å². The van der Waals surface area contributed by atoms with Crippen LogP contribution in [0.1, 0.15) is 13.8 Å². The summed E-state index contributed by atoms with van der Waals surface area (Å²) in [4.78, 5) is 11.4.